The number of benzene rings is 1. The summed E-state index contributed by atoms with van der Waals surface area (Å²) in [7, 11) is 0. The van der Waals surface area contributed by atoms with E-state index < -0.39 is 30.0 Å². The van der Waals surface area contributed by atoms with Crippen LogP contribution in [0.15, 0.2) is 18.2 Å². The number of aliphatic carboxylic acids is 1. The summed E-state index contributed by atoms with van der Waals surface area (Å²) in [6.45, 7) is 2.37. The van der Waals surface area contributed by atoms with E-state index in [1.54, 1.807) is 13.0 Å². The fourth-order valence-corrected chi connectivity index (χ4v) is 2.50. The molecule has 0 aliphatic carbocycles. The number of carbonyl (C=O) groups is 2. The molecule has 4 N–H and O–H groups in total. The summed E-state index contributed by atoms with van der Waals surface area (Å²) >= 11 is 1.04. The van der Waals surface area contributed by atoms with Crippen molar-refractivity contribution in [2.75, 3.05) is 11.9 Å². The molecule has 0 aliphatic heterocycles. The van der Waals surface area contributed by atoms with E-state index >= 15 is 0 Å². The van der Waals surface area contributed by atoms with Crippen molar-refractivity contribution in [3.8, 4) is 10.6 Å². The van der Waals surface area contributed by atoms with Crippen molar-refractivity contribution < 1.29 is 24.2 Å². The fraction of sp³-hybridized carbons (Fsp3) is 0.286. The Balaban J connectivity index is 2.02. The van der Waals surface area contributed by atoms with Gasteiger partial charge in [0.15, 0.2) is 5.60 Å². The minimum Gasteiger partial charge on any atom is -0.479 e. The molecular weight excluding hydrogens is 339 g/mol. The lowest BCUT2D eigenvalue weighted by molar-refractivity contribution is -0.155. The molecule has 1 aromatic heterocycles. The summed E-state index contributed by atoms with van der Waals surface area (Å²) in [5, 5.41) is 31.1. The fourth-order valence-electron chi connectivity index (χ4n) is 1.68. The number of urea groups is 1. The van der Waals surface area contributed by atoms with E-state index in [9.17, 15) is 19.1 Å². The summed E-state index contributed by atoms with van der Waals surface area (Å²) in [6, 6.07) is 3.53. The first kappa shape index (κ1) is 17.8. The number of aromatic nitrogens is 2. The van der Waals surface area contributed by atoms with E-state index in [0.29, 0.717) is 10.6 Å². The van der Waals surface area contributed by atoms with Crippen LogP contribution < -0.4 is 10.6 Å². The molecule has 2 amide bonds. The van der Waals surface area contributed by atoms with Crippen LogP contribution in [0.2, 0.25) is 0 Å². The van der Waals surface area contributed by atoms with E-state index in [0.717, 1.165) is 23.8 Å². The lowest BCUT2D eigenvalue weighted by atomic mass is 10.1. The molecule has 1 aromatic carbocycles. The second-order valence-electron chi connectivity index (χ2n) is 5.26. The lowest BCUT2D eigenvalue weighted by Gasteiger charge is -2.17. The lowest BCUT2D eigenvalue weighted by Crippen LogP contribution is -2.47. The Hall–Kier alpha value is -2.59. The molecule has 24 heavy (non-hydrogen) atoms. The van der Waals surface area contributed by atoms with Crippen molar-refractivity contribution in [2.24, 2.45) is 0 Å². The summed E-state index contributed by atoms with van der Waals surface area (Å²) in [5.41, 5.74) is -0.710. The van der Waals surface area contributed by atoms with Crippen molar-refractivity contribution in [1.29, 1.82) is 0 Å². The zero-order valence-corrected chi connectivity index (χ0v) is 13.6. The molecule has 0 fully saturated rings. The predicted molar refractivity (Wildman–Crippen MR) is 85.3 cm³/mol. The number of hydrogen-bond donors (Lipinski definition) is 4. The van der Waals surface area contributed by atoms with Gasteiger partial charge in [0.1, 0.15) is 10.8 Å². The molecule has 1 atom stereocenters. The van der Waals surface area contributed by atoms with Crippen LogP contribution in [0.5, 0.6) is 0 Å². The maximum Gasteiger partial charge on any atom is 0.337 e. The van der Waals surface area contributed by atoms with Crippen molar-refractivity contribution >= 4 is 28.5 Å². The Morgan fingerprint density at radius 2 is 2.08 bits per heavy atom. The summed E-state index contributed by atoms with van der Waals surface area (Å²) in [4.78, 5) is 22.4. The van der Waals surface area contributed by atoms with Gasteiger partial charge in [-0.3, -0.25) is 5.32 Å². The molecule has 0 aliphatic rings. The highest BCUT2D eigenvalue weighted by Gasteiger charge is 2.30. The van der Waals surface area contributed by atoms with Crippen LogP contribution in [-0.4, -0.2) is 44.6 Å². The largest absolute Gasteiger partial charge is 0.479 e. The van der Waals surface area contributed by atoms with Gasteiger partial charge in [0.2, 0.25) is 5.13 Å². The Morgan fingerprint density at radius 3 is 2.75 bits per heavy atom. The zero-order valence-electron chi connectivity index (χ0n) is 12.8. The van der Waals surface area contributed by atoms with Crippen molar-refractivity contribution in [3.05, 3.63) is 29.6 Å². The summed E-state index contributed by atoms with van der Waals surface area (Å²) in [6.07, 6.45) is 0. The van der Waals surface area contributed by atoms with Crippen LogP contribution >= 0.6 is 11.3 Å². The quantitative estimate of drug-likeness (QED) is 0.647. The number of aliphatic hydroxyl groups is 1. The van der Waals surface area contributed by atoms with Gasteiger partial charge in [-0.25, -0.2) is 14.0 Å². The predicted octanol–water partition coefficient (Wildman–Crippen LogP) is 1.61. The second-order valence-corrected chi connectivity index (χ2v) is 6.24. The molecular formula is C14H15FN4O4S. The normalized spacial score (nSPS) is 13.2. The molecule has 2 rings (SSSR count). The van der Waals surface area contributed by atoms with Crippen molar-refractivity contribution in [3.63, 3.8) is 0 Å². The van der Waals surface area contributed by atoms with Crippen LogP contribution in [0.1, 0.15) is 12.5 Å². The molecule has 0 radical (unpaired) electrons. The maximum atomic E-state index is 13.3. The van der Waals surface area contributed by atoms with Gasteiger partial charge in [0, 0.05) is 5.56 Å². The Morgan fingerprint density at radius 1 is 1.38 bits per heavy atom. The van der Waals surface area contributed by atoms with Crippen LogP contribution in [-0.2, 0) is 4.79 Å². The molecule has 0 saturated carbocycles. The number of hydrogen-bond acceptors (Lipinski definition) is 6. The standard InChI is InChI=1S/C14H15FN4O4S/c1-7-3-4-8(15)5-9(7)10-18-19-13(24-10)17-12(22)16-6-14(2,23)11(20)21/h3-5,23H,6H2,1-2H3,(H,20,21)(H2,16,17,19,22). The molecule has 2 aromatic rings. The van der Waals surface area contributed by atoms with Gasteiger partial charge in [-0.15, -0.1) is 10.2 Å². The molecule has 128 valence electrons. The summed E-state index contributed by atoms with van der Waals surface area (Å²) < 4.78 is 13.3. The van der Waals surface area contributed by atoms with Gasteiger partial charge in [-0.2, -0.15) is 0 Å². The van der Waals surface area contributed by atoms with Crippen LogP contribution in [0.4, 0.5) is 14.3 Å². The number of amides is 2. The number of nitrogens with one attached hydrogen (secondary N) is 2. The number of carboxylic acids is 1. The van der Waals surface area contributed by atoms with Gasteiger partial charge < -0.3 is 15.5 Å². The first-order valence-corrected chi connectivity index (χ1v) is 7.61. The monoisotopic (exact) mass is 354 g/mol. The molecule has 1 unspecified atom stereocenters. The van der Waals surface area contributed by atoms with Crippen LogP contribution in [0, 0.1) is 12.7 Å². The first-order chi connectivity index (χ1) is 11.2. The van der Waals surface area contributed by atoms with E-state index in [1.165, 1.54) is 12.1 Å². The van der Waals surface area contributed by atoms with Crippen LogP contribution in [0.3, 0.4) is 0 Å². The molecule has 0 saturated heterocycles. The number of anilines is 1. The maximum absolute atomic E-state index is 13.3. The molecule has 10 heteroatoms. The molecule has 1 heterocycles. The van der Waals surface area contributed by atoms with E-state index in [4.69, 9.17) is 5.11 Å². The van der Waals surface area contributed by atoms with Gasteiger partial charge in [-0.05, 0) is 31.5 Å². The molecule has 0 spiro atoms. The van der Waals surface area contributed by atoms with E-state index in [1.807, 2.05) is 0 Å². The van der Waals surface area contributed by atoms with Gasteiger partial charge in [0.25, 0.3) is 0 Å². The van der Waals surface area contributed by atoms with Gasteiger partial charge in [0.05, 0.1) is 6.54 Å². The molecule has 8 nitrogen and oxygen atoms in total. The topological polar surface area (TPSA) is 124 Å². The number of carboxylic acid groups (broad SMARTS) is 1. The van der Waals surface area contributed by atoms with Crippen molar-refractivity contribution in [1.82, 2.24) is 15.5 Å². The third-order valence-electron chi connectivity index (χ3n) is 3.13. The van der Waals surface area contributed by atoms with E-state index in [2.05, 4.69) is 20.8 Å². The first-order valence-electron chi connectivity index (χ1n) is 6.80. The second kappa shape index (κ2) is 6.89. The van der Waals surface area contributed by atoms with Gasteiger partial charge >= 0.3 is 12.0 Å². The number of nitrogens with zero attached hydrogens (tertiary/aromatic N) is 2. The Kier molecular flexibility index (Phi) is 5.10. The highest BCUT2D eigenvalue weighted by atomic mass is 32.1. The third kappa shape index (κ3) is 4.24. The zero-order chi connectivity index (χ0) is 17.9. The SMILES string of the molecule is Cc1ccc(F)cc1-c1nnc(NC(=O)NCC(C)(O)C(=O)O)s1. The average molecular weight is 354 g/mol. The van der Waals surface area contributed by atoms with Gasteiger partial charge in [-0.1, -0.05) is 17.4 Å². The smallest absolute Gasteiger partial charge is 0.337 e. The van der Waals surface area contributed by atoms with Crippen molar-refractivity contribution in [2.45, 2.75) is 19.4 Å². The number of rotatable bonds is 5. The minimum absolute atomic E-state index is 0.154. The number of halogens is 1. The highest BCUT2D eigenvalue weighted by molar-refractivity contribution is 7.18. The molecule has 0 bridgehead atoms. The highest BCUT2D eigenvalue weighted by Crippen LogP contribution is 2.29. The number of carbonyl (C=O) groups excluding carboxylic acids is 1. The summed E-state index contributed by atoms with van der Waals surface area (Å²) in [5.74, 6) is -1.86. The minimum atomic E-state index is -2.08. The van der Waals surface area contributed by atoms with E-state index in [-0.39, 0.29) is 5.13 Å². The number of aryl methyl sites for hydroxylation is 1. The third-order valence-corrected chi connectivity index (χ3v) is 4.00. The Bertz CT molecular complexity index is 778. The van der Waals surface area contributed by atoms with Crippen LogP contribution in [0.25, 0.3) is 10.6 Å². The average Bonchev–Trinajstić information content (AvgIpc) is 2.96. The Labute approximate surface area is 140 Å².